The highest BCUT2D eigenvalue weighted by molar-refractivity contribution is 7.89. The Bertz CT molecular complexity index is 726. The fourth-order valence-electron chi connectivity index (χ4n) is 3.03. The number of nitrogens with zero attached hydrogens (tertiary/aromatic N) is 1. The van der Waals surface area contributed by atoms with Crippen LogP contribution in [0.1, 0.15) is 23.2 Å². The first kappa shape index (κ1) is 19.2. The Kier molecular flexibility index (Phi) is 6.25. The molecule has 2 fully saturated rings. The molecule has 0 saturated carbocycles. The number of rotatable bonds is 5. The first-order chi connectivity index (χ1) is 12.5. The lowest BCUT2D eigenvalue weighted by atomic mass is 10.1. The average Bonchev–Trinajstić information content (AvgIpc) is 2.67. The lowest BCUT2D eigenvalue weighted by molar-refractivity contribution is -0.0855. The molecule has 1 atom stereocenters. The third-order valence-electron chi connectivity index (χ3n) is 4.61. The molecule has 8 nitrogen and oxygen atoms in total. The van der Waals surface area contributed by atoms with Crippen LogP contribution in [0.3, 0.4) is 0 Å². The smallest absolute Gasteiger partial charge is 0.251 e. The third-order valence-corrected chi connectivity index (χ3v) is 6.50. The number of nitrogens with two attached hydrogens (primary N) is 1. The van der Waals surface area contributed by atoms with Crippen LogP contribution in [0.4, 0.5) is 0 Å². The van der Waals surface area contributed by atoms with Crippen LogP contribution < -0.4 is 11.1 Å². The molecule has 0 bridgehead atoms. The summed E-state index contributed by atoms with van der Waals surface area (Å²) in [7, 11) is -3.62. The molecule has 26 heavy (non-hydrogen) atoms. The molecule has 2 saturated heterocycles. The van der Waals surface area contributed by atoms with Gasteiger partial charge in [-0.15, -0.1) is 0 Å². The van der Waals surface area contributed by atoms with E-state index in [1.807, 2.05) is 0 Å². The molecular weight excluding hydrogens is 358 g/mol. The van der Waals surface area contributed by atoms with Crippen molar-refractivity contribution in [2.24, 2.45) is 5.73 Å². The molecule has 3 rings (SSSR count). The summed E-state index contributed by atoms with van der Waals surface area (Å²) in [5.41, 5.74) is 6.15. The number of amides is 1. The van der Waals surface area contributed by atoms with Crippen molar-refractivity contribution in [3.05, 3.63) is 29.8 Å². The first-order valence-electron chi connectivity index (χ1n) is 8.80. The molecule has 144 valence electrons. The lowest BCUT2D eigenvalue weighted by Crippen LogP contribution is -2.42. The number of carbonyl (C=O) groups is 1. The number of sulfonamides is 1. The highest BCUT2D eigenvalue weighted by Gasteiger charge is 2.28. The van der Waals surface area contributed by atoms with Gasteiger partial charge in [0, 0.05) is 31.2 Å². The molecule has 9 heteroatoms. The van der Waals surface area contributed by atoms with Gasteiger partial charge in [-0.2, -0.15) is 4.31 Å². The van der Waals surface area contributed by atoms with E-state index >= 15 is 0 Å². The molecule has 1 aromatic rings. The summed E-state index contributed by atoms with van der Waals surface area (Å²) in [4.78, 5) is 12.5. The van der Waals surface area contributed by atoms with E-state index < -0.39 is 10.0 Å². The van der Waals surface area contributed by atoms with E-state index in [4.69, 9.17) is 15.2 Å². The summed E-state index contributed by atoms with van der Waals surface area (Å²) in [6.45, 7) is 2.63. The topological polar surface area (TPSA) is 111 Å². The SMILES string of the molecule is NC1CCN(S(=O)(=O)c2cccc(C(=O)NC[C@H]3COCCO3)c2)CC1. The zero-order valence-electron chi connectivity index (χ0n) is 14.6. The van der Waals surface area contributed by atoms with Crippen molar-refractivity contribution in [1.82, 2.24) is 9.62 Å². The van der Waals surface area contributed by atoms with E-state index in [2.05, 4.69) is 5.32 Å². The van der Waals surface area contributed by atoms with Crippen LogP contribution in [0.15, 0.2) is 29.2 Å². The fraction of sp³-hybridized carbons (Fsp3) is 0.588. The Labute approximate surface area is 153 Å². The molecule has 0 unspecified atom stereocenters. The van der Waals surface area contributed by atoms with Crippen LogP contribution in [0.25, 0.3) is 0 Å². The molecule has 0 spiro atoms. The molecule has 0 radical (unpaired) electrons. The van der Waals surface area contributed by atoms with Gasteiger partial charge in [0.1, 0.15) is 0 Å². The van der Waals surface area contributed by atoms with Crippen molar-refractivity contribution in [3.63, 3.8) is 0 Å². The fourth-order valence-corrected chi connectivity index (χ4v) is 4.54. The van der Waals surface area contributed by atoms with Crippen molar-refractivity contribution >= 4 is 15.9 Å². The van der Waals surface area contributed by atoms with E-state index in [-0.39, 0.29) is 22.9 Å². The van der Waals surface area contributed by atoms with Crippen molar-refractivity contribution in [2.75, 3.05) is 39.5 Å². The summed E-state index contributed by atoms with van der Waals surface area (Å²) in [5, 5.41) is 2.76. The van der Waals surface area contributed by atoms with Crippen LogP contribution in [0.2, 0.25) is 0 Å². The predicted octanol–water partition coefficient (Wildman–Crippen LogP) is -0.0564. The Balaban J connectivity index is 1.66. The quantitative estimate of drug-likeness (QED) is 0.737. The Morgan fingerprint density at radius 1 is 1.27 bits per heavy atom. The number of hydrogen-bond donors (Lipinski definition) is 2. The zero-order chi connectivity index (χ0) is 18.6. The van der Waals surface area contributed by atoms with Crippen molar-refractivity contribution < 1.29 is 22.7 Å². The highest BCUT2D eigenvalue weighted by Crippen LogP contribution is 2.21. The summed E-state index contributed by atoms with van der Waals surface area (Å²) >= 11 is 0. The second kappa shape index (κ2) is 8.45. The van der Waals surface area contributed by atoms with E-state index in [0.29, 0.717) is 57.9 Å². The highest BCUT2D eigenvalue weighted by atomic mass is 32.2. The molecular formula is C17H25N3O5S. The van der Waals surface area contributed by atoms with Gasteiger partial charge in [0.25, 0.3) is 5.91 Å². The second-order valence-corrected chi connectivity index (χ2v) is 8.49. The third kappa shape index (κ3) is 4.60. The summed E-state index contributed by atoms with van der Waals surface area (Å²) < 4.78 is 37.8. The van der Waals surface area contributed by atoms with Gasteiger partial charge in [0.2, 0.25) is 10.0 Å². The predicted molar refractivity (Wildman–Crippen MR) is 95.3 cm³/mol. The first-order valence-corrected chi connectivity index (χ1v) is 10.2. The van der Waals surface area contributed by atoms with Gasteiger partial charge in [0.15, 0.2) is 0 Å². The number of carbonyl (C=O) groups excluding carboxylic acids is 1. The average molecular weight is 383 g/mol. The Morgan fingerprint density at radius 2 is 2.04 bits per heavy atom. The molecule has 2 aliphatic heterocycles. The van der Waals surface area contributed by atoms with E-state index in [1.54, 1.807) is 12.1 Å². The summed E-state index contributed by atoms with van der Waals surface area (Å²) in [5.74, 6) is -0.336. The molecule has 1 aromatic carbocycles. The maximum absolute atomic E-state index is 12.8. The monoisotopic (exact) mass is 383 g/mol. The number of benzene rings is 1. The standard InChI is InChI=1S/C17H25N3O5S/c18-14-4-6-20(7-5-14)26(22,23)16-3-1-2-13(10-16)17(21)19-11-15-12-24-8-9-25-15/h1-3,10,14-15H,4-9,11-12,18H2,(H,19,21)/t15-/m0/s1. The Morgan fingerprint density at radius 3 is 2.73 bits per heavy atom. The molecule has 0 aliphatic carbocycles. The van der Waals surface area contributed by atoms with E-state index in [9.17, 15) is 13.2 Å². The van der Waals surface area contributed by atoms with Gasteiger partial charge >= 0.3 is 0 Å². The zero-order valence-corrected chi connectivity index (χ0v) is 15.4. The molecule has 2 aliphatic rings. The number of hydrogen-bond acceptors (Lipinski definition) is 6. The second-order valence-electron chi connectivity index (χ2n) is 6.55. The maximum atomic E-state index is 12.8. The van der Waals surface area contributed by atoms with Crippen LogP contribution >= 0.6 is 0 Å². The molecule has 1 amide bonds. The summed E-state index contributed by atoms with van der Waals surface area (Å²) in [6.07, 6.45) is 1.10. The largest absolute Gasteiger partial charge is 0.376 e. The number of nitrogens with one attached hydrogen (secondary N) is 1. The minimum absolute atomic E-state index is 0.0459. The Hall–Kier alpha value is -1.52. The van der Waals surface area contributed by atoms with Crippen LogP contribution in [-0.4, -0.2) is 70.2 Å². The van der Waals surface area contributed by atoms with Crippen molar-refractivity contribution in [3.8, 4) is 0 Å². The van der Waals surface area contributed by atoms with E-state index in [0.717, 1.165) is 0 Å². The minimum Gasteiger partial charge on any atom is -0.376 e. The van der Waals surface area contributed by atoms with Gasteiger partial charge in [0.05, 0.1) is 30.8 Å². The van der Waals surface area contributed by atoms with Gasteiger partial charge in [-0.1, -0.05) is 6.07 Å². The molecule has 2 heterocycles. The maximum Gasteiger partial charge on any atom is 0.251 e. The van der Waals surface area contributed by atoms with Crippen LogP contribution in [-0.2, 0) is 19.5 Å². The van der Waals surface area contributed by atoms with Crippen molar-refractivity contribution in [1.29, 1.82) is 0 Å². The number of piperidine rings is 1. The van der Waals surface area contributed by atoms with Gasteiger partial charge in [-0.25, -0.2) is 8.42 Å². The molecule has 0 aromatic heterocycles. The van der Waals surface area contributed by atoms with Crippen LogP contribution in [0, 0.1) is 0 Å². The minimum atomic E-state index is -3.62. The molecule has 3 N–H and O–H groups in total. The van der Waals surface area contributed by atoms with Gasteiger partial charge < -0.3 is 20.5 Å². The van der Waals surface area contributed by atoms with Gasteiger partial charge in [-0.3, -0.25) is 4.79 Å². The number of ether oxygens (including phenoxy) is 2. The van der Waals surface area contributed by atoms with Crippen LogP contribution in [0.5, 0.6) is 0 Å². The van der Waals surface area contributed by atoms with Crippen molar-refractivity contribution in [2.45, 2.75) is 29.9 Å². The lowest BCUT2D eigenvalue weighted by Gasteiger charge is -2.29. The van der Waals surface area contributed by atoms with E-state index in [1.165, 1.54) is 16.4 Å². The summed E-state index contributed by atoms with van der Waals surface area (Å²) in [6, 6.07) is 6.15. The normalized spacial score (nSPS) is 22.9. The van der Waals surface area contributed by atoms with Gasteiger partial charge in [-0.05, 0) is 31.0 Å².